The zero-order chi connectivity index (χ0) is 16.4. The second-order valence-corrected chi connectivity index (χ2v) is 6.11. The monoisotopic (exact) mass is 318 g/mol. The van der Waals surface area contributed by atoms with E-state index in [2.05, 4.69) is 10.3 Å². The molecule has 1 aromatic heterocycles. The van der Waals surface area contributed by atoms with E-state index in [0.717, 1.165) is 17.5 Å². The molecule has 3 nitrogen and oxygen atoms in total. The Morgan fingerprint density at radius 3 is 2.74 bits per heavy atom. The summed E-state index contributed by atoms with van der Waals surface area (Å²) in [6, 6.07) is 10.8. The highest BCUT2D eigenvalue weighted by Crippen LogP contribution is 2.36. The first-order chi connectivity index (χ1) is 11.0. The topological polar surface area (TPSA) is 45.1 Å². The largest absolute Gasteiger partial charge is 0.384 e. The van der Waals surface area contributed by atoms with Crippen LogP contribution >= 0.6 is 0 Å². The third-order valence-corrected chi connectivity index (χ3v) is 4.56. The number of nitrogens with zero attached hydrogens (tertiary/aromatic N) is 1. The van der Waals surface area contributed by atoms with Gasteiger partial charge in [-0.2, -0.15) is 0 Å². The van der Waals surface area contributed by atoms with Crippen LogP contribution in [0, 0.1) is 0 Å². The molecule has 2 N–H and O–H groups in total. The summed E-state index contributed by atoms with van der Waals surface area (Å²) < 4.78 is 25.1. The lowest BCUT2D eigenvalue weighted by molar-refractivity contribution is 0.0363. The normalized spacial score (nSPS) is 21.4. The van der Waals surface area contributed by atoms with Crippen molar-refractivity contribution in [3.8, 4) is 0 Å². The minimum absolute atomic E-state index is 0.0778. The number of aryl methyl sites for hydroxylation is 1. The van der Waals surface area contributed by atoms with Crippen molar-refractivity contribution in [2.24, 2.45) is 0 Å². The van der Waals surface area contributed by atoms with Gasteiger partial charge in [-0.15, -0.1) is 0 Å². The molecular weight excluding hydrogens is 298 g/mol. The smallest absolute Gasteiger partial charge is 0.280 e. The van der Waals surface area contributed by atoms with E-state index in [0.29, 0.717) is 13.0 Å². The Morgan fingerprint density at radius 2 is 2.04 bits per heavy atom. The molecule has 0 saturated heterocycles. The van der Waals surface area contributed by atoms with Crippen LogP contribution in [0.25, 0.3) is 0 Å². The van der Waals surface area contributed by atoms with Gasteiger partial charge in [-0.05, 0) is 42.5 Å². The van der Waals surface area contributed by atoms with E-state index in [1.165, 1.54) is 17.8 Å². The first-order valence-electron chi connectivity index (χ1n) is 7.78. The molecule has 23 heavy (non-hydrogen) atoms. The van der Waals surface area contributed by atoms with E-state index in [9.17, 15) is 13.9 Å². The van der Waals surface area contributed by atoms with E-state index in [-0.39, 0.29) is 11.7 Å². The number of fused-ring (bicyclic) bond motifs is 1. The molecule has 1 aliphatic rings. The first kappa shape index (κ1) is 16.0. The maximum absolute atomic E-state index is 12.5. The SMILES string of the molecule is CC(NCC1(O)CCc2ccccc21)c1ccc(C(F)F)nc1. The predicted octanol–water partition coefficient (Wildman–Crippen LogP) is 3.50. The zero-order valence-corrected chi connectivity index (χ0v) is 13.0. The number of pyridine rings is 1. The summed E-state index contributed by atoms with van der Waals surface area (Å²) in [4.78, 5) is 3.78. The Bertz CT molecular complexity index is 675. The van der Waals surface area contributed by atoms with Gasteiger partial charge in [0, 0.05) is 18.8 Å². The average molecular weight is 318 g/mol. The molecule has 0 radical (unpaired) electrons. The van der Waals surface area contributed by atoms with Gasteiger partial charge in [0.25, 0.3) is 6.43 Å². The summed E-state index contributed by atoms with van der Waals surface area (Å²) in [6.45, 7) is 2.35. The molecule has 0 saturated carbocycles. The van der Waals surface area contributed by atoms with Crippen LogP contribution in [-0.4, -0.2) is 16.6 Å². The van der Waals surface area contributed by atoms with E-state index in [1.807, 2.05) is 31.2 Å². The Hall–Kier alpha value is -1.85. The van der Waals surface area contributed by atoms with Gasteiger partial charge in [-0.25, -0.2) is 8.78 Å². The van der Waals surface area contributed by atoms with Gasteiger partial charge >= 0.3 is 0 Å². The highest BCUT2D eigenvalue weighted by atomic mass is 19.3. The number of nitrogens with one attached hydrogen (secondary N) is 1. The molecule has 1 aromatic carbocycles. The zero-order valence-electron chi connectivity index (χ0n) is 13.0. The van der Waals surface area contributed by atoms with E-state index in [1.54, 1.807) is 6.07 Å². The molecule has 0 bridgehead atoms. The number of aliphatic hydroxyl groups is 1. The Kier molecular flexibility index (Phi) is 4.41. The van der Waals surface area contributed by atoms with Gasteiger partial charge in [0.05, 0.1) is 0 Å². The van der Waals surface area contributed by atoms with Crippen molar-refractivity contribution in [3.63, 3.8) is 0 Å². The fourth-order valence-electron chi connectivity index (χ4n) is 3.09. The van der Waals surface area contributed by atoms with Gasteiger partial charge < -0.3 is 10.4 Å². The molecule has 2 unspecified atom stereocenters. The Morgan fingerprint density at radius 1 is 1.26 bits per heavy atom. The van der Waals surface area contributed by atoms with E-state index < -0.39 is 12.0 Å². The number of benzene rings is 1. The average Bonchev–Trinajstić information content (AvgIpc) is 2.91. The maximum Gasteiger partial charge on any atom is 0.280 e. The van der Waals surface area contributed by atoms with Crippen LogP contribution in [0.15, 0.2) is 42.6 Å². The fraction of sp³-hybridized carbons (Fsp3) is 0.389. The molecule has 122 valence electrons. The molecule has 5 heteroatoms. The van der Waals surface area contributed by atoms with Crippen LogP contribution in [0.5, 0.6) is 0 Å². The molecule has 0 amide bonds. The van der Waals surface area contributed by atoms with Crippen LogP contribution < -0.4 is 5.32 Å². The molecule has 1 heterocycles. The summed E-state index contributed by atoms with van der Waals surface area (Å²) in [5.41, 5.74) is 1.90. The third kappa shape index (κ3) is 3.26. The van der Waals surface area contributed by atoms with Gasteiger partial charge in [0.2, 0.25) is 0 Å². The quantitative estimate of drug-likeness (QED) is 0.887. The number of alkyl halides is 2. The number of aromatic nitrogens is 1. The summed E-state index contributed by atoms with van der Waals surface area (Å²) in [5, 5.41) is 14.2. The number of rotatable bonds is 5. The minimum Gasteiger partial charge on any atom is -0.384 e. The molecule has 2 aromatic rings. The minimum atomic E-state index is -2.55. The second-order valence-electron chi connectivity index (χ2n) is 6.11. The van der Waals surface area contributed by atoms with Gasteiger partial charge in [0.15, 0.2) is 0 Å². The van der Waals surface area contributed by atoms with Crippen LogP contribution in [0.3, 0.4) is 0 Å². The summed E-state index contributed by atoms with van der Waals surface area (Å²) in [6.07, 6.45) is 0.469. The van der Waals surface area contributed by atoms with Gasteiger partial charge in [0.1, 0.15) is 11.3 Å². The van der Waals surface area contributed by atoms with Crippen LogP contribution in [0.1, 0.15) is 48.2 Å². The van der Waals surface area contributed by atoms with Gasteiger partial charge in [-0.3, -0.25) is 4.98 Å². The predicted molar refractivity (Wildman–Crippen MR) is 84.3 cm³/mol. The first-order valence-corrected chi connectivity index (χ1v) is 7.78. The lowest BCUT2D eigenvalue weighted by Crippen LogP contribution is -2.37. The highest BCUT2D eigenvalue weighted by Gasteiger charge is 2.36. The van der Waals surface area contributed by atoms with Crippen molar-refractivity contribution >= 4 is 0 Å². The molecule has 0 spiro atoms. The van der Waals surface area contributed by atoms with Crippen molar-refractivity contribution in [1.29, 1.82) is 0 Å². The Labute approximate surface area is 134 Å². The molecular formula is C18H20F2N2O. The second kappa shape index (κ2) is 6.34. The van der Waals surface area contributed by atoms with Gasteiger partial charge in [-0.1, -0.05) is 30.3 Å². The van der Waals surface area contributed by atoms with E-state index in [4.69, 9.17) is 0 Å². The standard InChI is InChI=1S/C18H20F2N2O/c1-12(14-6-7-16(17(19)20)21-10-14)22-11-18(23)9-8-13-4-2-3-5-15(13)18/h2-7,10,12,17,22-23H,8-9,11H2,1H3. The summed E-state index contributed by atoms with van der Waals surface area (Å²) in [7, 11) is 0. The van der Waals surface area contributed by atoms with Crippen LogP contribution in [-0.2, 0) is 12.0 Å². The van der Waals surface area contributed by atoms with Crippen LogP contribution in [0.4, 0.5) is 8.78 Å². The molecule has 3 rings (SSSR count). The van der Waals surface area contributed by atoms with Crippen molar-refractivity contribution in [2.75, 3.05) is 6.54 Å². The van der Waals surface area contributed by atoms with Crippen molar-refractivity contribution in [3.05, 3.63) is 65.0 Å². The van der Waals surface area contributed by atoms with Crippen molar-refractivity contribution in [1.82, 2.24) is 10.3 Å². The van der Waals surface area contributed by atoms with Crippen molar-refractivity contribution < 1.29 is 13.9 Å². The third-order valence-electron chi connectivity index (χ3n) is 4.56. The number of hydrogen-bond acceptors (Lipinski definition) is 3. The number of hydrogen-bond donors (Lipinski definition) is 2. The number of halogens is 2. The Balaban J connectivity index is 1.66. The molecule has 1 aliphatic carbocycles. The van der Waals surface area contributed by atoms with Crippen LogP contribution in [0.2, 0.25) is 0 Å². The lowest BCUT2D eigenvalue weighted by atomic mass is 9.95. The highest BCUT2D eigenvalue weighted by molar-refractivity contribution is 5.37. The molecule has 2 atom stereocenters. The van der Waals surface area contributed by atoms with E-state index >= 15 is 0 Å². The molecule has 0 fully saturated rings. The lowest BCUT2D eigenvalue weighted by Gasteiger charge is -2.27. The van der Waals surface area contributed by atoms with Crippen molar-refractivity contribution in [2.45, 2.75) is 37.8 Å². The summed E-state index contributed by atoms with van der Waals surface area (Å²) in [5.74, 6) is 0. The fourth-order valence-corrected chi connectivity index (χ4v) is 3.09. The molecule has 0 aliphatic heterocycles. The maximum atomic E-state index is 12.5. The summed E-state index contributed by atoms with van der Waals surface area (Å²) >= 11 is 0.